The van der Waals surface area contributed by atoms with Gasteiger partial charge in [-0.15, -0.1) is 0 Å². The van der Waals surface area contributed by atoms with Gasteiger partial charge in [0.25, 0.3) is 0 Å². The van der Waals surface area contributed by atoms with Crippen LogP contribution in [0.5, 0.6) is 0 Å². The third-order valence-corrected chi connectivity index (χ3v) is 3.41. The monoisotopic (exact) mass is 266 g/mol. The van der Waals surface area contributed by atoms with Gasteiger partial charge in [0.15, 0.2) is 0 Å². The van der Waals surface area contributed by atoms with Crippen molar-refractivity contribution >= 4 is 10.8 Å². The molecule has 0 aliphatic rings. The summed E-state index contributed by atoms with van der Waals surface area (Å²) in [5.74, 6) is -0.178. The molecule has 1 heterocycles. The second-order valence-corrected chi connectivity index (χ2v) is 4.74. The molecule has 0 spiro atoms. The second kappa shape index (κ2) is 5.39. The van der Waals surface area contributed by atoms with Crippen LogP contribution in [-0.2, 0) is 6.54 Å². The van der Waals surface area contributed by atoms with E-state index in [1.165, 1.54) is 0 Å². The Morgan fingerprint density at radius 2 is 2.05 bits per heavy atom. The van der Waals surface area contributed by atoms with Crippen LogP contribution < -0.4 is 5.32 Å². The van der Waals surface area contributed by atoms with Gasteiger partial charge in [0, 0.05) is 29.9 Å². The third-order valence-electron chi connectivity index (χ3n) is 3.41. The van der Waals surface area contributed by atoms with Crippen molar-refractivity contribution in [3.05, 3.63) is 66.2 Å². The van der Waals surface area contributed by atoms with Gasteiger partial charge >= 0.3 is 0 Å². The van der Waals surface area contributed by atoms with Crippen LogP contribution in [0.25, 0.3) is 21.9 Å². The maximum absolute atomic E-state index is 14.1. The van der Waals surface area contributed by atoms with Crippen LogP contribution in [0.15, 0.2) is 54.9 Å². The summed E-state index contributed by atoms with van der Waals surface area (Å²) in [6.07, 6.45) is 3.59. The molecule has 0 radical (unpaired) electrons. The summed E-state index contributed by atoms with van der Waals surface area (Å²) in [4.78, 5) is 4.12. The van der Waals surface area contributed by atoms with Gasteiger partial charge in [-0.05, 0) is 35.7 Å². The number of pyridine rings is 1. The molecular weight excluding hydrogens is 251 g/mol. The van der Waals surface area contributed by atoms with E-state index in [9.17, 15) is 4.39 Å². The Hall–Kier alpha value is -2.26. The molecule has 0 unspecified atom stereocenters. The van der Waals surface area contributed by atoms with E-state index in [-0.39, 0.29) is 5.82 Å². The molecule has 0 bridgehead atoms. The lowest BCUT2D eigenvalue weighted by Gasteiger charge is -2.09. The van der Waals surface area contributed by atoms with Gasteiger partial charge in [0.05, 0.1) is 0 Å². The van der Waals surface area contributed by atoms with Crippen LogP contribution in [0.4, 0.5) is 4.39 Å². The molecule has 3 rings (SSSR count). The number of hydrogen-bond donors (Lipinski definition) is 1. The largest absolute Gasteiger partial charge is 0.316 e. The Morgan fingerprint density at radius 3 is 2.85 bits per heavy atom. The number of benzene rings is 2. The highest BCUT2D eigenvalue weighted by Gasteiger charge is 2.07. The summed E-state index contributed by atoms with van der Waals surface area (Å²) in [5, 5.41) is 5.11. The molecule has 0 aliphatic carbocycles. The van der Waals surface area contributed by atoms with E-state index in [2.05, 4.69) is 10.3 Å². The van der Waals surface area contributed by atoms with Gasteiger partial charge in [-0.1, -0.05) is 30.3 Å². The quantitative estimate of drug-likeness (QED) is 0.780. The van der Waals surface area contributed by atoms with Gasteiger partial charge in [0.1, 0.15) is 5.82 Å². The molecule has 3 aromatic rings. The Bertz CT molecular complexity index is 748. The number of halogens is 1. The summed E-state index contributed by atoms with van der Waals surface area (Å²) in [5.41, 5.74) is 2.59. The van der Waals surface area contributed by atoms with Crippen molar-refractivity contribution in [3.8, 4) is 11.1 Å². The fourth-order valence-corrected chi connectivity index (χ4v) is 2.42. The summed E-state index contributed by atoms with van der Waals surface area (Å²) in [7, 11) is 1.81. The number of fused-ring (bicyclic) bond motifs is 1. The van der Waals surface area contributed by atoms with E-state index >= 15 is 0 Å². The molecule has 0 atom stereocenters. The predicted molar refractivity (Wildman–Crippen MR) is 79.9 cm³/mol. The van der Waals surface area contributed by atoms with Crippen LogP contribution in [0, 0.1) is 5.82 Å². The lowest BCUT2D eigenvalue weighted by atomic mass is 9.98. The standard InChI is InChI=1S/C17H15FN2/c1-19-10-14-6-5-12(9-17(14)18)15-4-2-3-13-11-20-8-7-16(13)15/h2-9,11,19H,10H2,1H3. The fourth-order valence-electron chi connectivity index (χ4n) is 2.42. The van der Waals surface area contributed by atoms with Crippen LogP contribution in [0.2, 0.25) is 0 Å². The zero-order valence-corrected chi connectivity index (χ0v) is 11.2. The molecule has 100 valence electrons. The Labute approximate surface area is 117 Å². The van der Waals surface area contributed by atoms with Crippen molar-refractivity contribution in [2.45, 2.75) is 6.54 Å². The summed E-state index contributed by atoms with van der Waals surface area (Å²) >= 11 is 0. The van der Waals surface area contributed by atoms with Crippen molar-refractivity contribution in [3.63, 3.8) is 0 Å². The third kappa shape index (κ3) is 2.28. The number of aromatic nitrogens is 1. The van der Waals surface area contributed by atoms with E-state index in [1.807, 2.05) is 49.6 Å². The SMILES string of the molecule is CNCc1ccc(-c2cccc3cnccc23)cc1F. The maximum atomic E-state index is 14.1. The van der Waals surface area contributed by atoms with E-state index in [0.717, 1.165) is 21.9 Å². The molecule has 0 saturated heterocycles. The Balaban J connectivity index is 2.14. The van der Waals surface area contributed by atoms with Crippen LogP contribution in [-0.4, -0.2) is 12.0 Å². The smallest absolute Gasteiger partial charge is 0.128 e. The first-order valence-electron chi connectivity index (χ1n) is 6.56. The highest BCUT2D eigenvalue weighted by molar-refractivity contribution is 5.96. The van der Waals surface area contributed by atoms with Gasteiger partial charge in [-0.25, -0.2) is 4.39 Å². The van der Waals surface area contributed by atoms with E-state index in [0.29, 0.717) is 12.1 Å². The maximum Gasteiger partial charge on any atom is 0.128 e. The highest BCUT2D eigenvalue weighted by Crippen LogP contribution is 2.29. The zero-order valence-electron chi connectivity index (χ0n) is 11.2. The lowest BCUT2D eigenvalue weighted by molar-refractivity contribution is 0.601. The average Bonchev–Trinajstić information content (AvgIpc) is 2.49. The van der Waals surface area contributed by atoms with E-state index in [1.54, 1.807) is 12.3 Å². The second-order valence-electron chi connectivity index (χ2n) is 4.74. The number of nitrogens with one attached hydrogen (secondary N) is 1. The van der Waals surface area contributed by atoms with Gasteiger partial charge in [0.2, 0.25) is 0 Å². The molecule has 2 nitrogen and oxygen atoms in total. The fraction of sp³-hybridized carbons (Fsp3) is 0.118. The molecule has 0 aliphatic heterocycles. The molecule has 1 aromatic heterocycles. The molecule has 2 aromatic carbocycles. The topological polar surface area (TPSA) is 24.9 Å². The van der Waals surface area contributed by atoms with Crippen LogP contribution >= 0.6 is 0 Å². The van der Waals surface area contributed by atoms with Crippen LogP contribution in [0.1, 0.15) is 5.56 Å². The normalized spacial score (nSPS) is 10.9. The number of nitrogens with zero attached hydrogens (tertiary/aromatic N) is 1. The first-order chi connectivity index (χ1) is 9.79. The van der Waals surface area contributed by atoms with E-state index in [4.69, 9.17) is 0 Å². The zero-order chi connectivity index (χ0) is 13.9. The molecule has 3 heteroatoms. The van der Waals surface area contributed by atoms with Crippen molar-refractivity contribution < 1.29 is 4.39 Å². The summed E-state index contributed by atoms with van der Waals surface area (Å²) in [6.45, 7) is 0.533. The summed E-state index contributed by atoms with van der Waals surface area (Å²) < 4.78 is 14.1. The average molecular weight is 266 g/mol. The number of rotatable bonds is 3. The van der Waals surface area contributed by atoms with Crippen molar-refractivity contribution in [2.75, 3.05) is 7.05 Å². The highest BCUT2D eigenvalue weighted by atomic mass is 19.1. The van der Waals surface area contributed by atoms with Crippen molar-refractivity contribution in [1.82, 2.24) is 10.3 Å². The molecule has 0 amide bonds. The minimum absolute atomic E-state index is 0.178. The predicted octanol–water partition coefficient (Wildman–Crippen LogP) is 3.76. The first kappa shape index (κ1) is 12.8. The lowest BCUT2D eigenvalue weighted by Crippen LogP contribution is -2.06. The number of hydrogen-bond acceptors (Lipinski definition) is 2. The van der Waals surface area contributed by atoms with Crippen molar-refractivity contribution in [2.24, 2.45) is 0 Å². The summed E-state index contributed by atoms with van der Waals surface area (Å²) in [6, 6.07) is 13.4. The van der Waals surface area contributed by atoms with Gasteiger partial charge in [-0.3, -0.25) is 4.98 Å². The van der Waals surface area contributed by atoms with Crippen molar-refractivity contribution in [1.29, 1.82) is 0 Å². The van der Waals surface area contributed by atoms with Gasteiger partial charge < -0.3 is 5.32 Å². The molecule has 0 saturated carbocycles. The molecule has 1 N–H and O–H groups in total. The molecule has 0 fully saturated rings. The van der Waals surface area contributed by atoms with Crippen LogP contribution in [0.3, 0.4) is 0 Å². The Morgan fingerprint density at radius 1 is 1.15 bits per heavy atom. The molecule has 20 heavy (non-hydrogen) atoms. The van der Waals surface area contributed by atoms with Gasteiger partial charge in [-0.2, -0.15) is 0 Å². The van der Waals surface area contributed by atoms with E-state index < -0.39 is 0 Å². The minimum Gasteiger partial charge on any atom is -0.316 e. The molecular formula is C17H15FN2. The first-order valence-corrected chi connectivity index (χ1v) is 6.56. The minimum atomic E-state index is -0.178. The Kier molecular flexibility index (Phi) is 3.44.